The van der Waals surface area contributed by atoms with E-state index in [1.165, 1.54) is 5.56 Å². The van der Waals surface area contributed by atoms with Crippen molar-refractivity contribution in [2.45, 2.75) is 97.7 Å². The molecule has 0 spiro atoms. The predicted octanol–water partition coefficient (Wildman–Crippen LogP) is 6.72. The van der Waals surface area contributed by atoms with Gasteiger partial charge in [-0.3, -0.25) is 4.79 Å². The summed E-state index contributed by atoms with van der Waals surface area (Å²) in [4.78, 5) is 12.2. The highest BCUT2D eigenvalue weighted by Gasteiger charge is 2.30. The van der Waals surface area contributed by atoms with Crippen LogP contribution in [0.1, 0.15) is 88.6 Å². The van der Waals surface area contributed by atoms with Gasteiger partial charge in [0.2, 0.25) is 0 Å². The van der Waals surface area contributed by atoms with Crippen molar-refractivity contribution in [3.63, 3.8) is 0 Å². The number of carbonyl (C=O) groups excluding carboxylic acids is 1. The number of rotatable bonds is 7. The van der Waals surface area contributed by atoms with Crippen LogP contribution in [-0.2, 0) is 17.3 Å². The summed E-state index contributed by atoms with van der Waals surface area (Å²) in [5, 5.41) is 11.9. The molecule has 0 atom stereocenters. The smallest absolute Gasteiger partial charge is 0.197 e. The van der Waals surface area contributed by atoms with Crippen molar-refractivity contribution in [2.24, 2.45) is 0 Å². The zero-order chi connectivity index (χ0) is 22.9. The molecule has 0 unspecified atom stereocenters. The third-order valence-corrected chi connectivity index (χ3v) is 8.95. The second-order valence-corrected chi connectivity index (χ2v) is 16.0. The molecule has 0 saturated heterocycles. The van der Waals surface area contributed by atoms with Crippen LogP contribution in [0.25, 0.3) is 0 Å². The fourth-order valence-corrected chi connectivity index (χ4v) is 5.84. The van der Waals surface area contributed by atoms with Gasteiger partial charge in [-0.05, 0) is 58.5 Å². The summed E-state index contributed by atoms with van der Waals surface area (Å²) in [6.45, 7) is 19.5. The van der Waals surface area contributed by atoms with Crippen molar-refractivity contribution in [3.05, 3.63) is 46.7 Å². The van der Waals surface area contributed by atoms with Gasteiger partial charge in [0.25, 0.3) is 0 Å². The molecule has 1 aromatic heterocycles. The minimum Gasteiger partial charge on any atom is -0.507 e. The molecule has 0 radical (unpaired) electrons. The Morgan fingerprint density at radius 1 is 1.00 bits per heavy atom. The molecule has 1 N–H and O–H groups in total. The van der Waals surface area contributed by atoms with Gasteiger partial charge in [-0.2, -0.15) is 0 Å². The standard InChI is InChI=1S/C26H40O3Si/c1-10-11-21(27)22-12-13-23(29-22)30(8,9)15-14-18-16-19(25(2,3)4)24(28)20(17-18)26(5,6)7/h12-13,16-17,28H,10-11,14-15H2,1-9H3. The van der Waals surface area contributed by atoms with E-state index in [0.29, 0.717) is 17.9 Å². The van der Waals surface area contributed by atoms with Crippen molar-refractivity contribution in [1.82, 2.24) is 0 Å². The Bertz CT molecular complexity index is 857. The van der Waals surface area contributed by atoms with E-state index in [1.807, 2.05) is 19.1 Å². The monoisotopic (exact) mass is 428 g/mol. The molecule has 1 aromatic carbocycles. The summed E-state index contributed by atoms with van der Waals surface area (Å²) in [6.07, 6.45) is 2.31. The van der Waals surface area contributed by atoms with E-state index in [4.69, 9.17) is 4.42 Å². The third-order valence-electron chi connectivity index (χ3n) is 5.85. The number of ketones is 1. The third kappa shape index (κ3) is 5.66. The van der Waals surface area contributed by atoms with Gasteiger partial charge in [-0.25, -0.2) is 0 Å². The molecule has 0 aliphatic heterocycles. The Morgan fingerprint density at radius 2 is 1.53 bits per heavy atom. The van der Waals surface area contributed by atoms with Crippen LogP contribution < -0.4 is 5.38 Å². The van der Waals surface area contributed by atoms with Crippen LogP contribution in [0.5, 0.6) is 5.75 Å². The first-order chi connectivity index (χ1) is 13.7. The highest BCUT2D eigenvalue weighted by molar-refractivity contribution is 6.88. The van der Waals surface area contributed by atoms with Crippen molar-refractivity contribution in [3.8, 4) is 5.75 Å². The summed E-state index contributed by atoms with van der Waals surface area (Å²) >= 11 is 0. The van der Waals surface area contributed by atoms with Crippen molar-refractivity contribution in [1.29, 1.82) is 0 Å². The molecule has 3 nitrogen and oxygen atoms in total. The maximum absolute atomic E-state index is 12.2. The van der Waals surface area contributed by atoms with Crippen LogP contribution in [0.15, 0.2) is 28.7 Å². The van der Waals surface area contributed by atoms with E-state index >= 15 is 0 Å². The van der Waals surface area contributed by atoms with E-state index in [1.54, 1.807) is 0 Å². The SMILES string of the molecule is CCCC(=O)c1ccc([Si](C)(C)CCc2cc(C(C)(C)C)c(O)c(C(C)(C)C)c2)o1. The largest absolute Gasteiger partial charge is 0.507 e. The predicted molar refractivity (Wildman–Crippen MR) is 129 cm³/mol. The van der Waals surface area contributed by atoms with Crippen LogP contribution >= 0.6 is 0 Å². The molecule has 0 bridgehead atoms. The van der Waals surface area contributed by atoms with Gasteiger partial charge < -0.3 is 9.52 Å². The first-order valence-corrected chi connectivity index (χ1v) is 14.4. The molecule has 0 amide bonds. The number of carbonyl (C=O) groups is 1. The van der Waals surface area contributed by atoms with E-state index in [-0.39, 0.29) is 16.6 Å². The lowest BCUT2D eigenvalue weighted by molar-refractivity contribution is 0.0956. The number of hydrogen-bond donors (Lipinski definition) is 1. The van der Waals surface area contributed by atoms with Crippen LogP contribution in [-0.4, -0.2) is 19.0 Å². The molecular formula is C26H40O3Si. The molecule has 0 fully saturated rings. The summed E-state index contributed by atoms with van der Waals surface area (Å²) in [5.41, 5.74) is 3.03. The quantitative estimate of drug-likeness (QED) is 0.393. The fourth-order valence-electron chi connectivity index (χ4n) is 3.76. The normalized spacial score (nSPS) is 13.0. The van der Waals surface area contributed by atoms with Crippen LogP contribution in [0.2, 0.25) is 19.1 Å². The second kappa shape index (κ2) is 8.74. The molecule has 0 saturated carbocycles. The zero-order valence-corrected chi connectivity index (χ0v) is 21.4. The van der Waals surface area contributed by atoms with E-state index in [9.17, 15) is 9.90 Å². The Hall–Kier alpha value is -1.81. The van der Waals surface area contributed by atoms with Crippen molar-refractivity contribution in [2.75, 3.05) is 0 Å². The molecule has 0 aliphatic carbocycles. The van der Waals surface area contributed by atoms with Gasteiger partial charge in [0.1, 0.15) is 13.8 Å². The maximum Gasteiger partial charge on any atom is 0.197 e. The topological polar surface area (TPSA) is 50.4 Å². The molecule has 4 heteroatoms. The minimum atomic E-state index is -1.83. The Kier molecular flexibility index (Phi) is 7.12. The minimum absolute atomic E-state index is 0.0942. The number of Topliss-reactive ketones (excluding diaryl/α,β-unsaturated/α-hetero) is 1. The first kappa shape index (κ1) is 24.5. The van der Waals surface area contributed by atoms with Crippen molar-refractivity contribution >= 4 is 19.2 Å². The average molecular weight is 429 g/mol. The van der Waals surface area contributed by atoms with Gasteiger partial charge in [0, 0.05) is 6.42 Å². The van der Waals surface area contributed by atoms with Crippen LogP contribution in [0.3, 0.4) is 0 Å². The Labute approximate surface area is 183 Å². The summed E-state index contributed by atoms with van der Waals surface area (Å²) in [6, 6.07) is 9.23. The maximum atomic E-state index is 12.2. The molecular weight excluding hydrogens is 388 g/mol. The molecule has 2 rings (SSSR count). The molecule has 30 heavy (non-hydrogen) atoms. The van der Waals surface area contributed by atoms with Gasteiger partial charge in [-0.15, -0.1) is 0 Å². The lowest BCUT2D eigenvalue weighted by Crippen LogP contribution is -2.40. The number of phenolic OH excluding ortho intramolecular Hbond substituents is 1. The van der Waals surface area contributed by atoms with Crippen LogP contribution in [0, 0.1) is 0 Å². The zero-order valence-electron chi connectivity index (χ0n) is 20.4. The molecule has 166 valence electrons. The Balaban J connectivity index is 2.31. The summed E-state index contributed by atoms with van der Waals surface area (Å²) < 4.78 is 6.00. The van der Waals surface area contributed by atoms with Gasteiger partial charge in [0.05, 0.1) is 5.38 Å². The number of hydrogen-bond acceptors (Lipinski definition) is 3. The average Bonchev–Trinajstić information content (AvgIpc) is 3.10. The summed E-state index contributed by atoms with van der Waals surface area (Å²) in [7, 11) is -1.83. The number of benzene rings is 1. The fraction of sp³-hybridized carbons (Fsp3) is 0.577. The van der Waals surface area contributed by atoms with Gasteiger partial charge in [-0.1, -0.05) is 73.7 Å². The molecule has 2 aromatic rings. The highest BCUT2D eigenvalue weighted by atomic mass is 28.3. The summed E-state index contributed by atoms with van der Waals surface area (Å²) in [5.74, 6) is 1.03. The van der Waals surface area contributed by atoms with Crippen LogP contribution in [0.4, 0.5) is 0 Å². The van der Waals surface area contributed by atoms with Gasteiger partial charge in [0.15, 0.2) is 11.5 Å². The first-order valence-electron chi connectivity index (χ1n) is 11.2. The second-order valence-electron chi connectivity index (χ2n) is 11.3. The van der Waals surface area contributed by atoms with Gasteiger partial charge >= 0.3 is 0 Å². The van der Waals surface area contributed by atoms with Crippen molar-refractivity contribution < 1.29 is 14.3 Å². The van der Waals surface area contributed by atoms with E-state index in [0.717, 1.165) is 35.4 Å². The number of phenols is 1. The molecule has 0 aliphatic rings. The van der Waals surface area contributed by atoms with E-state index < -0.39 is 8.07 Å². The lowest BCUT2D eigenvalue weighted by Gasteiger charge is -2.29. The van der Waals surface area contributed by atoms with E-state index in [2.05, 4.69) is 66.8 Å². The lowest BCUT2D eigenvalue weighted by atomic mass is 9.78. The number of aromatic hydroxyl groups is 1. The molecule has 1 heterocycles. The number of furan rings is 1. The highest BCUT2D eigenvalue weighted by Crippen LogP contribution is 2.40. The number of aryl methyl sites for hydroxylation is 1. The Morgan fingerprint density at radius 3 is 2.00 bits per heavy atom.